The van der Waals surface area contributed by atoms with Crippen molar-refractivity contribution in [3.05, 3.63) is 29.0 Å². The van der Waals surface area contributed by atoms with E-state index in [0.717, 1.165) is 12.1 Å². The molecule has 82 valence electrons. The molecule has 15 heavy (non-hydrogen) atoms. The van der Waals surface area contributed by atoms with Crippen LogP contribution in [0.1, 0.15) is 0 Å². The van der Waals surface area contributed by atoms with Crippen molar-refractivity contribution in [3.8, 4) is 5.75 Å². The number of carbonyl (C=O) groups is 1. The molecule has 0 aromatic heterocycles. The number of aliphatic hydroxyl groups excluding tert-OH is 1. The lowest BCUT2D eigenvalue weighted by atomic mass is 10.3. The van der Waals surface area contributed by atoms with Crippen molar-refractivity contribution >= 4 is 17.7 Å². The maximum atomic E-state index is 12.6. The van der Waals surface area contributed by atoms with E-state index in [-0.39, 0.29) is 23.9 Å². The van der Waals surface area contributed by atoms with Crippen LogP contribution < -0.4 is 10.1 Å². The minimum absolute atomic E-state index is 0.00847. The Bertz CT molecular complexity index is 359. The van der Waals surface area contributed by atoms with Crippen LogP contribution in [0.25, 0.3) is 0 Å². The molecular weight excluding hydrogens is 225 g/mol. The van der Waals surface area contributed by atoms with Gasteiger partial charge in [0.25, 0.3) is 0 Å². The number of nitrogens with one attached hydrogen (secondary N) is 1. The van der Waals surface area contributed by atoms with Crippen LogP contribution in [0, 0.1) is 5.82 Å². The summed E-state index contributed by atoms with van der Waals surface area (Å²) < 4.78 is 17.4. The Balaban J connectivity index is 2.60. The van der Waals surface area contributed by atoms with Gasteiger partial charge >= 0.3 is 6.09 Å². The van der Waals surface area contributed by atoms with Crippen LogP contribution in [0.2, 0.25) is 5.02 Å². The fraction of sp³-hybridized carbons (Fsp3) is 0.222. The van der Waals surface area contributed by atoms with Crippen molar-refractivity contribution in [1.29, 1.82) is 0 Å². The van der Waals surface area contributed by atoms with Gasteiger partial charge in [-0.05, 0) is 18.2 Å². The largest absolute Gasteiger partial charge is 0.412 e. The predicted molar refractivity (Wildman–Crippen MR) is 52.5 cm³/mol. The number of rotatable bonds is 3. The van der Waals surface area contributed by atoms with Gasteiger partial charge in [0.15, 0.2) is 5.75 Å². The SMILES string of the molecule is O=C(NCCO)Oc1ccc(F)cc1Cl. The minimum atomic E-state index is -0.752. The molecule has 1 amide bonds. The molecule has 1 aromatic rings. The normalized spacial score (nSPS) is 9.80. The third-order valence-electron chi connectivity index (χ3n) is 1.48. The molecule has 0 saturated heterocycles. The van der Waals surface area contributed by atoms with Gasteiger partial charge in [0.05, 0.1) is 11.6 Å². The smallest absolute Gasteiger partial charge is 0.409 e. The number of benzene rings is 1. The lowest BCUT2D eigenvalue weighted by Crippen LogP contribution is -2.29. The van der Waals surface area contributed by atoms with Crippen LogP contribution >= 0.6 is 11.6 Å². The lowest BCUT2D eigenvalue weighted by Gasteiger charge is -2.06. The van der Waals surface area contributed by atoms with E-state index in [2.05, 4.69) is 5.32 Å². The van der Waals surface area contributed by atoms with E-state index in [0.29, 0.717) is 0 Å². The summed E-state index contributed by atoms with van der Waals surface area (Å²) in [6.07, 6.45) is -0.752. The van der Waals surface area contributed by atoms with Crippen LogP contribution in [0.4, 0.5) is 9.18 Å². The van der Waals surface area contributed by atoms with Gasteiger partial charge in [-0.15, -0.1) is 0 Å². The van der Waals surface area contributed by atoms with Gasteiger partial charge in [0, 0.05) is 6.54 Å². The summed E-state index contributed by atoms with van der Waals surface area (Å²) in [5, 5.41) is 10.7. The molecule has 4 nitrogen and oxygen atoms in total. The standard InChI is InChI=1S/C9H9ClFNO3/c10-7-5-6(11)1-2-8(7)15-9(14)12-3-4-13/h1-2,5,13H,3-4H2,(H,12,14). The summed E-state index contributed by atoms with van der Waals surface area (Å²) in [6.45, 7) is -0.107. The molecule has 0 aliphatic carbocycles. The second kappa shape index (κ2) is 5.53. The van der Waals surface area contributed by atoms with Gasteiger partial charge in [-0.25, -0.2) is 9.18 Å². The first kappa shape index (κ1) is 11.7. The number of hydrogen-bond donors (Lipinski definition) is 2. The zero-order valence-electron chi connectivity index (χ0n) is 7.67. The van der Waals surface area contributed by atoms with E-state index < -0.39 is 11.9 Å². The number of ether oxygens (including phenoxy) is 1. The van der Waals surface area contributed by atoms with Gasteiger partial charge < -0.3 is 15.2 Å². The summed E-state index contributed by atoms with van der Waals surface area (Å²) in [5.41, 5.74) is 0. The fourth-order valence-corrected chi connectivity index (χ4v) is 1.06. The number of halogens is 2. The van der Waals surface area contributed by atoms with E-state index in [1.165, 1.54) is 6.07 Å². The highest BCUT2D eigenvalue weighted by molar-refractivity contribution is 6.32. The Morgan fingerprint density at radius 2 is 2.33 bits per heavy atom. The van der Waals surface area contributed by atoms with Crippen molar-refractivity contribution < 1.29 is 19.0 Å². The topological polar surface area (TPSA) is 58.6 Å². The molecule has 0 spiro atoms. The Morgan fingerprint density at radius 1 is 1.60 bits per heavy atom. The molecular formula is C9H9ClFNO3. The monoisotopic (exact) mass is 233 g/mol. The zero-order valence-corrected chi connectivity index (χ0v) is 8.42. The molecule has 0 aliphatic rings. The second-order valence-electron chi connectivity index (χ2n) is 2.61. The van der Waals surface area contributed by atoms with Crippen molar-refractivity contribution in [2.24, 2.45) is 0 Å². The summed E-state index contributed by atoms with van der Waals surface area (Å²) in [5.74, 6) is -0.448. The lowest BCUT2D eigenvalue weighted by molar-refractivity contribution is 0.195. The highest BCUT2D eigenvalue weighted by Gasteiger charge is 2.07. The highest BCUT2D eigenvalue weighted by Crippen LogP contribution is 2.24. The summed E-state index contributed by atoms with van der Waals surface area (Å²) in [7, 11) is 0. The third-order valence-corrected chi connectivity index (χ3v) is 1.77. The van der Waals surface area contributed by atoms with E-state index in [1.54, 1.807) is 0 Å². The second-order valence-corrected chi connectivity index (χ2v) is 3.02. The minimum Gasteiger partial charge on any atom is -0.409 e. The van der Waals surface area contributed by atoms with Gasteiger partial charge in [0.1, 0.15) is 5.82 Å². The molecule has 0 unspecified atom stereocenters. The maximum absolute atomic E-state index is 12.6. The summed E-state index contributed by atoms with van der Waals surface area (Å²) in [6, 6.07) is 3.41. The first-order chi connectivity index (χ1) is 7.13. The predicted octanol–water partition coefficient (Wildman–Crippen LogP) is 1.56. The van der Waals surface area contributed by atoms with Crippen molar-refractivity contribution in [2.75, 3.05) is 13.2 Å². The quantitative estimate of drug-likeness (QED) is 0.833. The highest BCUT2D eigenvalue weighted by atomic mass is 35.5. The molecule has 0 heterocycles. The molecule has 0 fully saturated rings. The van der Waals surface area contributed by atoms with E-state index in [1.807, 2.05) is 0 Å². The Kier molecular flexibility index (Phi) is 4.33. The van der Waals surface area contributed by atoms with Crippen LogP contribution in [-0.4, -0.2) is 24.4 Å². The van der Waals surface area contributed by atoms with E-state index in [4.69, 9.17) is 21.4 Å². The molecule has 6 heteroatoms. The molecule has 0 atom stereocenters. The van der Waals surface area contributed by atoms with Crippen LogP contribution in [0.15, 0.2) is 18.2 Å². The van der Waals surface area contributed by atoms with Gasteiger partial charge in [-0.3, -0.25) is 0 Å². The van der Waals surface area contributed by atoms with E-state index >= 15 is 0 Å². The average molecular weight is 234 g/mol. The Morgan fingerprint density at radius 3 is 2.93 bits per heavy atom. The summed E-state index contributed by atoms with van der Waals surface area (Å²) in [4.78, 5) is 11.0. The number of aliphatic hydroxyl groups is 1. The number of carbonyl (C=O) groups excluding carboxylic acids is 1. The first-order valence-corrected chi connectivity index (χ1v) is 4.53. The van der Waals surface area contributed by atoms with Crippen molar-refractivity contribution in [2.45, 2.75) is 0 Å². The maximum Gasteiger partial charge on any atom is 0.412 e. The third kappa shape index (κ3) is 3.73. The Labute approximate surface area is 90.6 Å². The molecule has 0 bridgehead atoms. The van der Waals surface area contributed by atoms with Crippen LogP contribution in [-0.2, 0) is 0 Å². The van der Waals surface area contributed by atoms with Crippen molar-refractivity contribution in [1.82, 2.24) is 5.32 Å². The molecule has 1 aromatic carbocycles. The number of hydrogen-bond acceptors (Lipinski definition) is 3. The molecule has 1 rings (SSSR count). The van der Waals surface area contributed by atoms with Crippen LogP contribution in [0.5, 0.6) is 5.75 Å². The molecule has 0 radical (unpaired) electrons. The molecule has 2 N–H and O–H groups in total. The summed E-state index contributed by atoms with van der Waals surface area (Å²) >= 11 is 5.61. The molecule has 0 aliphatic heterocycles. The fourth-order valence-electron chi connectivity index (χ4n) is 0.852. The molecule has 0 saturated carbocycles. The zero-order chi connectivity index (χ0) is 11.3. The van der Waals surface area contributed by atoms with E-state index in [9.17, 15) is 9.18 Å². The van der Waals surface area contributed by atoms with Crippen LogP contribution in [0.3, 0.4) is 0 Å². The van der Waals surface area contributed by atoms with Gasteiger partial charge in [-0.1, -0.05) is 11.6 Å². The first-order valence-electron chi connectivity index (χ1n) is 4.15. The number of amides is 1. The van der Waals surface area contributed by atoms with Gasteiger partial charge in [0.2, 0.25) is 0 Å². The van der Waals surface area contributed by atoms with Crippen molar-refractivity contribution in [3.63, 3.8) is 0 Å². The average Bonchev–Trinajstić information content (AvgIpc) is 2.19. The Hall–Kier alpha value is -1.33. The van der Waals surface area contributed by atoms with Gasteiger partial charge in [-0.2, -0.15) is 0 Å².